The average molecular weight is 362 g/mol. The molecule has 0 radical (unpaired) electrons. The van der Waals surface area contributed by atoms with E-state index < -0.39 is 0 Å². The fraction of sp³-hybridized carbons (Fsp3) is 0.273. The second-order valence-corrected chi connectivity index (χ2v) is 6.26. The molecular weight excluding hydrogens is 336 g/mol. The van der Waals surface area contributed by atoms with Crippen LogP contribution in [0, 0.1) is 0 Å². The van der Waals surface area contributed by atoms with Crippen molar-refractivity contribution in [3.63, 3.8) is 0 Å². The van der Waals surface area contributed by atoms with Crippen LogP contribution in [0.5, 0.6) is 5.75 Å². The van der Waals surface area contributed by atoms with Gasteiger partial charge in [0.15, 0.2) is 0 Å². The molecule has 0 fully saturated rings. The van der Waals surface area contributed by atoms with Gasteiger partial charge in [0, 0.05) is 25.8 Å². The Morgan fingerprint density at radius 3 is 2.44 bits per heavy atom. The van der Waals surface area contributed by atoms with E-state index in [0.717, 1.165) is 37.6 Å². The van der Waals surface area contributed by atoms with Gasteiger partial charge in [0.1, 0.15) is 11.6 Å². The SMILES string of the molecule is CCN(Cc1ccccc1)c1ccnc(NCCc2ccc(OC)cc2)n1. The molecule has 0 bridgehead atoms. The molecule has 0 aliphatic carbocycles. The van der Waals surface area contributed by atoms with Gasteiger partial charge in [0.2, 0.25) is 5.95 Å². The van der Waals surface area contributed by atoms with Gasteiger partial charge >= 0.3 is 0 Å². The number of rotatable bonds is 9. The lowest BCUT2D eigenvalue weighted by Gasteiger charge is -2.22. The van der Waals surface area contributed by atoms with E-state index in [9.17, 15) is 0 Å². The third kappa shape index (κ3) is 5.45. The number of methoxy groups -OCH3 is 1. The number of anilines is 2. The van der Waals surface area contributed by atoms with Crippen LogP contribution in [0.1, 0.15) is 18.1 Å². The number of nitrogens with one attached hydrogen (secondary N) is 1. The third-order valence-corrected chi connectivity index (χ3v) is 4.42. The second kappa shape index (κ2) is 9.57. The Balaban J connectivity index is 1.58. The summed E-state index contributed by atoms with van der Waals surface area (Å²) in [6.45, 7) is 4.64. The Morgan fingerprint density at radius 1 is 0.963 bits per heavy atom. The number of aromatic nitrogens is 2. The standard InChI is InChI=1S/C22H26N4O/c1-3-26(17-19-7-5-4-6-8-19)21-14-16-24-22(25-21)23-15-13-18-9-11-20(27-2)12-10-18/h4-12,14,16H,3,13,15,17H2,1-2H3,(H,23,24,25). The highest BCUT2D eigenvalue weighted by molar-refractivity contribution is 5.43. The lowest BCUT2D eigenvalue weighted by Crippen LogP contribution is -2.23. The van der Waals surface area contributed by atoms with Gasteiger partial charge in [0.05, 0.1) is 7.11 Å². The summed E-state index contributed by atoms with van der Waals surface area (Å²) in [6, 6.07) is 20.5. The number of hydrogen-bond donors (Lipinski definition) is 1. The van der Waals surface area contributed by atoms with Crippen molar-refractivity contribution in [1.29, 1.82) is 0 Å². The quantitative estimate of drug-likeness (QED) is 0.619. The smallest absolute Gasteiger partial charge is 0.224 e. The van der Waals surface area contributed by atoms with E-state index in [1.165, 1.54) is 11.1 Å². The summed E-state index contributed by atoms with van der Waals surface area (Å²) >= 11 is 0. The predicted molar refractivity (Wildman–Crippen MR) is 110 cm³/mol. The van der Waals surface area contributed by atoms with Crippen LogP contribution in [0.15, 0.2) is 66.9 Å². The monoisotopic (exact) mass is 362 g/mol. The fourth-order valence-electron chi connectivity index (χ4n) is 2.88. The van der Waals surface area contributed by atoms with E-state index >= 15 is 0 Å². The third-order valence-electron chi connectivity index (χ3n) is 4.42. The maximum absolute atomic E-state index is 5.19. The normalized spacial score (nSPS) is 10.4. The largest absolute Gasteiger partial charge is 0.497 e. The van der Waals surface area contributed by atoms with E-state index in [-0.39, 0.29) is 0 Å². The summed E-state index contributed by atoms with van der Waals surface area (Å²) in [6.07, 6.45) is 2.71. The zero-order chi connectivity index (χ0) is 18.9. The number of hydrogen-bond acceptors (Lipinski definition) is 5. The predicted octanol–water partition coefficient (Wildman–Crippen LogP) is 4.17. The Labute approximate surface area is 161 Å². The number of nitrogens with zero attached hydrogens (tertiary/aromatic N) is 3. The number of benzene rings is 2. The molecule has 27 heavy (non-hydrogen) atoms. The van der Waals surface area contributed by atoms with E-state index in [1.807, 2.05) is 30.5 Å². The van der Waals surface area contributed by atoms with Crippen molar-refractivity contribution in [2.45, 2.75) is 19.9 Å². The van der Waals surface area contributed by atoms with Crippen molar-refractivity contribution in [3.05, 3.63) is 78.0 Å². The Hall–Kier alpha value is -3.08. The fourth-order valence-corrected chi connectivity index (χ4v) is 2.88. The molecule has 0 saturated heterocycles. The molecule has 0 aliphatic rings. The van der Waals surface area contributed by atoms with Crippen LogP contribution in [0.3, 0.4) is 0 Å². The molecule has 5 nitrogen and oxygen atoms in total. The molecule has 3 rings (SSSR count). The summed E-state index contributed by atoms with van der Waals surface area (Å²) < 4.78 is 5.19. The first-order valence-corrected chi connectivity index (χ1v) is 9.27. The molecule has 1 N–H and O–H groups in total. The van der Waals surface area contributed by atoms with E-state index in [0.29, 0.717) is 5.95 Å². The van der Waals surface area contributed by atoms with Crippen LogP contribution in [-0.2, 0) is 13.0 Å². The van der Waals surface area contributed by atoms with Gasteiger partial charge in [-0.05, 0) is 42.7 Å². The Kier molecular flexibility index (Phi) is 6.63. The van der Waals surface area contributed by atoms with Crippen LogP contribution in [-0.4, -0.2) is 30.2 Å². The first-order chi connectivity index (χ1) is 13.3. The van der Waals surface area contributed by atoms with Crippen molar-refractivity contribution >= 4 is 11.8 Å². The van der Waals surface area contributed by atoms with Crippen LogP contribution in [0.25, 0.3) is 0 Å². The average Bonchev–Trinajstić information content (AvgIpc) is 2.73. The Morgan fingerprint density at radius 2 is 1.74 bits per heavy atom. The van der Waals surface area contributed by atoms with Crippen molar-refractivity contribution in [1.82, 2.24) is 9.97 Å². The van der Waals surface area contributed by atoms with Crippen LogP contribution in [0.2, 0.25) is 0 Å². The molecular formula is C22H26N4O. The van der Waals surface area contributed by atoms with Gasteiger partial charge in [-0.2, -0.15) is 4.98 Å². The minimum absolute atomic E-state index is 0.660. The van der Waals surface area contributed by atoms with Gasteiger partial charge in [0.25, 0.3) is 0 Å². The summed E-state index contributed by atoms with van der Waals surface area (Å²) in [5, 5.41) is 3.32. The van der Waals surface area contributed by atoms with Gasteiger partial charge in [-0.1, -0.05) is 42.5 Å². The maximum Gasteiger partial charge on any atom is 0.224 e. The summed E-state index contributed by atoms with van der Waals surface area (Å²) in [5.41, 5.74) is 2.52. The molecule has 1 aromatic heterocycles. The molecule has 0 spiro atoms. The second-order valence-electron chi connectivity index (χ2n) is 6.26. The molecule has 1 heterocycles. The maximum atomic E-state index is 5.19. The van der Waals surface area contributed by atoms with Gasteiger partial charge < -0.3 is 15.0 Å². The topological polar surface area (TPSA) is 50.3 Å². The molecule has 2 aromatic carbocycles. The molecule has 0 unspecified atom stereocenters. The van der Waals surface area contributed by atoms with Crippen molar-refractivity contribution < 1.29 is 4.74 Å². The first kappa shape index (κ1) is 18.7. The zero-order valence-corrected chi connectivity index (χ0v) is 15.9. The minimum Gasteiger partial charge on any atom is -0.497 e. The minimum atomic E-state index is 0.660. The van der Waals surface area contributed by atoms with Gasteiger partial charge in [-0.25, -0.2) is 4.98 Å². The first-order valence-electron chi connectivity index (χ1n) is 9.27. The molecule has 0 saturated carbocycles. The van der Waals surface area contributed by atoms with Crippen LogP contribution in [0.4, 0.5) is 11.8 Å². The van der Waals surface area contributed by atoms with Crippen molar-refractivity contribution in [3.8, 4) is 5.75 Å². The summed E-state index contributed by atoms with van der Waals surface area (Å²) in [4.78, 5) is 11.3. The van der Waals surface area contributed by atoms with Crippen molar-refractivity contribution in [2.24, 2.45) is 0 Å². The molecule has 0 amide bonds. The Bertz CT molecular complexity index is 821. The molecule has 0 aliphatic heterocycles. The summed E-state index contributed by atoms with van der Waals surface area (Å²) in [7, 11) is 1.68. The van der Waals surface area contributed by atoms with Gasteiger partial charge in [-0.15, -0.1) is 0 Å². The highest BCUT2D eigenvalue weighted by Gasteiger charge is 2.08. The molecule has 3 aromatic rings. The van der Waals surface area contributed by atoms with Crippen LogP contribution < -0.4 is 15.0 Å². The lowest BCUT2D eigenvalue weighted by atomic mass is 10.1. The van der Waals surface area contributed by atoms with E-state index in [4.69, 9.17) is 4.74 Å². The number of ether oxygens (including phenoxy) is 1. The highest BCUT2D eigenvalue weighted by atomic mass is 16.5. The molecule has 140 valence electrons. The van der Waals surface area contributed by atoms with Crippen molar-refractivity contribution in [2.75, 3.05) is 30.4 Å². The zero-order valence-electron chi connectivity index (χ0n) is 15.9. The molecule has 0 atom stereocenters. The highest BCUT2D eigenvalue weighted by Crippen LogP contribution is 2.16. The van der Waals surface area contributed by atoms with Gasteiger partial charge in [-0.3, -0.25) is 0 Å². The van der Waals surface area contributed by atoms with E-state index in [1.54, 1.807) is 7.11 Å². The molecule has 5 heteroatoms. The van der Waals surface area contributed by atoms with E-state index in [2.05, 4.69) is 63.5 Å². The van der Waals surface area contributed by atoms with Crippen LogP contribution >= 0.6 is 0 Å². The lowest BCUT2D eigenvalue weighted by molar-refractivity contribution is 0.414. The summed E-state index contributed by atoms with van der Waals surface area (Å²) in [5.74, 6) is 2.47.